The van der Waals surface area contributed by atoms with Gasteiger partial charge in [0.25, 0.3) is 0 Å². The Morgan fingerprint density at radius 3 is 0.978 bits per heavy atom. The molecule has 10 aromatic rings. The molecule has 1 fully saturated rings. The van der Waals surface area contributed by atoms with Crippen LogP contribution in [-0.4, -0.2) is 54.4 Å². The van der Waals surface area contributed by atoms with Crippen molar-refractivity contribution in [2.75, 3.05) is 6.61 Å². The molecule has 3 unspecified atom stereocenters. The number of cyclic esters (lactones) is 1. The third kappa shape index (κ3) is 15.0. The van der Waals surface area contributed by atoms with Gasteiger partial charge in [-0.3, -0.25) is 0 Å². The van der Waals surface area contributed by atoms with E-state index in [0.717, 1.165) is 44.5 Å². The van der Waals surface area contributed by atoms with Crippen LogP contribution in [0.15, 0.2) is 255 Å². The van der Waals surface area contributed by atoms with Gasteiger partial charge in [-0.2, -0.15) is 0 Å². The van der Waals surface area contributed by atoms with Gasteiger partial charge in [-0.05, 0) is 56.6 Å². The average molecular weight is 1200 g/mol. The van der Waals surface area contributed by atoms with Crippen molar-refractivity contribution in [3.05, 3.63) is 310 Å². The summed E-state index contributed by atoms with van der Waals surface area (Å²) in [6.07, 6.45) is -6.93. The van der Waals surface area contributed by atoms with Crippen LogP contribution in [0.25, 0.3) is 11.1 Å². The SMILES string of the molecule is O=C1OCC2O[C@@H](O)C(OCc3ccccc3)C(OCc3ccccc3)[C@@H]2OC(=O)c2cc(OCc3ccccc3)c(OCc3ccccc3)c(OCc3ccccc3)c2-c2c1cc(OCc1ccccc1)c(OCc1ccccc1)c2OCc1ccccc1. The van der Waals surface area contributed by atoms with Gasteiger partial charge in [0, 0.05) is 11.1 Å². The molecule has 90 heavy (non-hydrogen) atoms. The van der Waals surface area contributed by atoms with Crippen LogP contribution in [0, 0.1) is 0 Å². The Bertz CT molecular complexity index is 3920. The number of aliphatic hydroxyl groups is 1. The molecule has 0 bridgehead atoms. The van der Waals surface area contributed by atoms with Crippen LogP contribution < -0.4 is 28.4 Å². The summed E-state index contributed by atoms with van der Waals surface area (Å²) in [7, 11) is 0. The number of hydrogen-bond acceptors (Lipinski definition) is 14. The summed E-state index contributed by atoms with van der Waals surface area (Å²) in [5.41, 5.74) is 6.06. The van der Waals surface area contributed by atoms with Crippen molar-refractivity contribution >= 4 is 11.9 Å². The fraction of sp³-hybridized carbons (Fsp3) is 0.184. The fourth-order valence-electron chi connectivity index (χ4n) is 10.7. The first-order valence-electron chi connectivity index (χ1n) is 29.8. The van der Waals surface area contributed by atoms with Gasteiger partial charge < -0.3 is 57.2 Å². The minimum Gasteiger partial charge on any atom is -0.485 e. The summed E-state index contributed by atoms with van der Waals surface area (Å²) < 4.78 is 75.1. The van der Waals surface area contributed by atoms with Gasteiger partial charge in [0.2, 0.25) is 11.5 Å². The van der Waals surface area contributed by atoms with Crippen LogP contribution in [0.4, 0.5) is 0 Å². The number of benzene rings is 10. The lowest BCUT2D eigenvalue weighted by molar-refractivity contribution is -0.306. The Balaban J connectivity index is 1.12. The third-order valence-corrected chi connectivity index (χ3v) is 15.3. The first-order valence-corrected chi connectivity index (χ1v) is 29.8. The molecule has 0 amide bonds. The van der Waals surface area contributed by atoms with Gasteiger partial charge in [0.1, 0.15) is 64.6 Å². The molecular weight excluding hydrogens is 1140 g/mol. The highest BCUT2D eigenvalue weighted by molar-refractivity contribution is 6.09. The molecule has 0 radical (unpaired) electrons. The third-order valence-electron chi connectivity index (χ3n) is 15.3. The molecule has 2 aliphatic rings. The molecule has 0 spiro atoms. The van der Waals surface area contributed by atoms with Crippen LogP contribution in [0.1, 0.15) is 65.2 Å². The summed E-state index contributed by atoms with van der Waals surface area (Å²) >= 11 is 0. The fourth-order valence-corrected chi connectivity index (χ4v) is 10.7. The number of hydrogen-bond donors (Lipinski definition) is 1. The average Bonchev–Trinajstić information content (AvgIpc) is 0.958. The highest BCUT2D eigenvalue weighted by Gasteiger charge is 2.51. The predicted molar refractivity (Wildman–Crippen MR) is 337 cm³/mol. The molecule has 0 saturated carbocycles. The van der Waals surface area contributed by atoms with Crippen molar-refractivity contribution in [2.24, 2.45) is 0 Å². The highest BCUT2D eigenvalue weighted by atomic mass is 16.7. The molecule has 2 aliphatic heterocycles. The van der Waals surface area contributed by atoms with E-state index >= 15 is 9.59 Å². The maximum Gasteiger partial charge on any atom is 0.339 e. The molecule has 10 aromatic carbocycles. The van der Waals surface area contributed by atoms with Gasteiger partial charge in [-0.15, -0.1) is 0 Å². The summed E-state index contributed by atoms with van der Waals surface area (Å²) in [5, 5.41) is 12.1. The summed E-state index contributed by atoms with van der Waals surface area (Å²) in [6.45, 7) is -0.588. The number of rotatable bonds is 24. The second-order valence-corrected chi connectivity index (χ2v) is 21.6. The zero-order valence-corrected chi connectivity index (χ0v) is 49.3. The van der Waals surface area contributed by atoms with Crippen LogP contribution >= 0.6 is 0 Å². The van der Waals surface area contributed by atoms with Crippen LogP contribution in [0.2, 0.25) is 0 Å². The van der Waals surface area contributed by atoms with E-state index in [1.165, 1.54) is 12.1 Å². The molecular formula is C76H66O14. The number of fused-ring (bicyclic) bond motifs is 4. The Morgan fingerprint density at radius 1 is 0.344 bits per heavy atom. The first kappa shape index (κ1) is 60.1. The lowest BCUT2D eigenvalue weighted by atomic mass is 9.91. The topological polar surface area (TPSA) is 156 Å². The maximum absolute atomic E-state index is 16.5. The Kier molecular flexibility index (Phi) is 19.8. The smallest absolute Gasteiger partial charge is 0.339 e. The van der Waals surface area contributed by atoms with Crippen LogP contribution in [0.5, 0.6) is 34.5 Å². The number of esters is 2. The number of ether oxygens (including phenoxy) is 11. The van der Waals surface area contributed by atoms with Gasteiger partial charge in [0.15, 0.2) is 35.4 Å². The molecule has 454 valence electrons. The molecule has 0 aliphatic carbocycles. The van der Waals surface area contributed by atoms with Crippen molar-refractivity contribution in [1.29, 1.82) is 0 Å². The molecule has 14 nitrogen and oxygen atoms in total. The summed E-state index contributed by atoms with van der Waals surface area (Å²) in [6, 6.07) is 79.3. The van der Waals surface area contributed by atoms with E-state index in [9.17, 15) is 5.11 Å². The zero-order chi connectivity index (χ0) is 61.3. The monoisotopic (exact) mass is 1200 g/mol. The van der Waals surface area contributed by atoms with Crippen molar-refractivity contribution in [3.63, 3.8) is 0 Å². The minimum absolute atomic E-state index is 0.00268. The van der Waals surface area contributed by atoms with Crippen molar-refractivity contribution in [2.45, 2.75) is 83.6 Å². The summed E-state index contributed by atoms with van der Waals surface area (Å²) in [5.74, 6) is -1.51. The number of carbonyl (C=O) groups excluding carboxylic acids is 2. The van der Waals surface area contributed by atoms with Gasteiger partial charge in [-0.25, -0.2) is 9.59 Å². The van der Waals surface area contributed by atoms with Gasteiger partial charge in [0.05, 0.1) is 24.3 Å². The van der Waals surface area contributed by atoms with Crippen LogP contribution in [-0.2, 0) is 76.5 Å². The Hall–Kier alpha value is -10.2. The molecule has 2 heterocycles. The van der Waals surface area contributed by atoms with Crippen molar-refractivity contribution < 1.29 is 66.8 Å². The zero-order valence-electron chi connectivity index (χ0n) is 49.3. The Morgan fingerprint density at radius 2 is 0.633 bits per heavy atom. The normalized spacial score (nSPS) is 17.0. The quantitative estimate of drug-likeness (QED) is 0.0570. The van der Waals surface area contributed by atoms with E-state index in [1.807, 2.05) is 243 Å². The van der Waals surface area contributed by atoms with E-state index in [4.69, 9.17) is 52.1 Å². The van der Waals surface area contributed by atoms with Crippen molar-refractivity contribution in [1.82, 2.24) is 0 Å². The highest BCUT2D eigenvalue weighted by Crippen LogP contribution is 2.56. The molecule has 0 aromatic heterocycles. The van der Waals surface area contributed by atoms with E-state index < -0.39 is 49.3 Å². The number of aliphatic hydroxyl groups excluding tert-OH is 1. The first-order chi connectivity index (χ1) is 44.4. The largest absolute Gasteiger partial charge is 0.485 e. The second kappa shape index (κ2) is 29.7. The number of carbonyl (C=O) groups is 2. The lowest BCUT2D eigenvalue weighted by Gasteiger charge is -2.43. The van der Waals surface area contributed by atoms with Gasteiger partial charge >= 0.3 is 11.9 Å². The molecule has 1 N–H and O–H groups in total. The van der Waals surface area contributed by atoms with Gasteiger partial charge in [-0.1, -0.05) is 243 Å². The van der Waals surface area contributed by atoms with E-state index in [0.29, 0.717) is 0 Å². The van der Waals surface area contributed by atoms with E-state index in [-0.39, 0.29) is 110 Å². The molecule has 1 saturated heterocycles. The van der Waals surface area contributed by atoms with Crippen molar-refractivity contribution in [3.8, 4) is 45.6 Å². The molecule has 14 heteroatoms. The van der Waals surface area contributed by atoms with E-state index in [1.54, 1.807) is 0 Å². The maximum atomic E-state index is 16.5. The summed E-state index contributed by atoms with van der Waals surface area (Å²) in [4.78, 5) is 32.5. The molecule has 5 atom stereocenters. The van der Waals surface area contributed by atoms with Crippen LogP contribution in [0.3, 0.4) is 0 Å². The lowest BCUT2D eigenvalue weighted by Crippen LogP contribution is -2.61. The standard InChI is InChI=1S/C76H66O14/c77-74-60-41-62(80-43-52-25-9-1-10-26-52)67(82-45-54-29-13-3-14-30-54)70(84-47-56-33-17-5-18-34-56)65(60)66-61(42-63(81-44-53-27-11-2-12-28-53)68(83-46-55-31-15-4-16-32-55)71(66)85-48-57-35-19-6-20-36-57)75(78)90-69-64(51-88-74)89-76(79)73(87-50-59-39-23-8-24-40-59)72(69)86-49-58-37-21-7-22-38-58/h1-42,64,69,72-73,76,79H,43-51H2/t64?,69-,72?,73?,76-/m1/s1. The van der Waals surface area contributed by atoms with E-state index in [2.05, 4.69) is 0 Å². The minimum atomic E-state index is -1.67. The Labute approximate surface area is 522 Å². The predicted octanol–water partition coefficient (Wildman–Crippen LogP) is 14.4. The molecule has 12 rings (SSSR count). The second-order valence-electron chi connectivity index (χ2n) is 21.6.